The summed E-state index contributed by atoms with van der Waals surface area (Å²) in [7, 11) is 0. The fourth-order valence-corrected chi connectivity index (χ4v) is 4.73. The highest BCUT2D eigenvalue weighted by molar-refractivity contribution is 7.98. The molecule has 34 heavy (non-hydrogen) atoms. The third kappa shape index (κ3) is 7.58. The lowest BCUT2D eigenvalue weighted by atomic mass is 10.0. The third-order valence-electron chi connectivity index (χ3n) is 5.62. The van der Waals surface area contributed by atoms with Crippen LogP contribution in [0.5, 0.6) is 0 Å². The van der Waals surface area contributed by atoms with Crippen LogP contribution in [0.15, 0.2) is 42.5 Å². The number of halogens is 3. The molecule has 3 rings (SSSR count). The number of carbonyl (C=O) groups excluding carboxylic acids is 2. The standard InChI is InChI=1S/C24H28Cl2FN3O3S/c1-34-13-8-21(29-23(31)19-7-4-17(25)14-20(19)26)24(32)28-15-22(30-9-11-33-12-10-30)16-2-5-18(27)6-3-16/h2-7,14,21-22H,8-13,15H2,1H3,(H,28,32)(H,29,31)/t21-,22-/m0/s1. The van der Waals surface area contributed by atoms with Crippen molar-refractivity contribution in [2.75, 3.05) is 44.9 Å². The molecule has 10 heteroatoms. The summed E-state index contributed by atoms with van der Waals surface area (Å²) in [5.74, 6) is -0.342. The number of thioether (sulfide) groups is 1. The molecule has 2 aromatic rings. The highest BCUT2D eigenvalue weighted by atomic mass is 35.5. The highest BCUT2D eigenvalue weighted by Crippen LogP contribution is 2.23. The van der Waals surface area contributed by atoms with Crippen LogP contribution in [0.25, 0.3) is 0 Å². The number of benzene rings is 2. The van der Waals surface area contributed by atoms with Crippen LogP contribution in [0.3, 0.4) is 0 Å². The molecule has 2 amide bonds. The second-order valence-electron chi connectivity index (χ2n) is 7.89. The Kier molecular flexibility index (Phi) is 10.5. The fourth-order valence-electron chi connectivity index (χ4n) is 3.77. The predicted octanol–water partition coefficient (Wildman–Crippen LogP) is 4.17. The Morgan fingerprint density at radius 1 is 1.15 bits per heavy atom. The van der Waals surface area contributed by atoms with Gasteiger partial charge >= 0.3 is 0 Å². The maximum Gasteiger partial charge on any atom is 0.253 e. The monoisotopic (exact) mass is 527 g/mol. The lowest BCUT2D eigenvalue weighted by molar-refractivity contribution is -0.123. The number of rotatable bonds is 10. The molecule has 184 valence electrons. The van der Waals surface area contributed by atoms with Crippen LogP contribution in [-0.4, -0.2) is 67.6 Å². The number of ether oxygens (including phenoxy) is 1. The first-order chi connectivity index (χ1) is 16.4. The van der Waals surface area contributed by atoms with Gasteiger partial charge in [0.15, 0.2) is 0 Å². The Bertz CT molecular complexity index is 974. The van der Waals surface area contributed by atoms with E-state index in [4.69, 9.17) is 27.9 Å². The Hall–Kier alpha value is -1.84. The predicted molar refractivity (Wildman–Crippen MR) is 135 cm³/mol. The van der Waals surface area contributed by atoms with Gasteiger partial charge in [-0.2, -0.15) is 11.8 Å². The molecule has 0 radical (unpaired) electrons. The summed E-state index contributed by atoms with van der Waals surface area (Å²) in [6.07, 6.45) is 2.40. The topological polar surface area (TPSA) is 70.7 Å². The van der Waals surface area contributed by atoms with E-state index >= 15 is 0 Å². The Morgan fingerprint density at radius 3 is 2.50 bits per heavy atom. The van der Waals surface area contributed by atoms with Crippen LogP contribution < -0.4 is 10.6 Å². The number of morpholine rings is 1. The van der Waals surface area contributed by atoms with Crippen LogP contribution >= 0.6 is 35.0 Å². The number of carbonyl (C=O) groups is 2. The van der Waals surface area contributed by atoms with Gasteiger partial charge in [0, 0.05) is 24.7 Å². The molecule has 1 heterocycles. The highest BCUT2D eigenvalue weighted by Gasteiger charge is 2.26. The van der Waals surface area contributed by atoms with E-state index in [2.05, 4.69) is 15.5 Å². The minimum absolute atomic E-state index is 0.143. The molecule has 1 aliphatic rings. The van der Waals surface area contributed by atoms with E-state index in [1.54, 1.807) is 30.0 Å². The van der Waals surface area contributed by atoms with Crippen LogP contribution in [0.1, 0.15) is 28.4 Å². The number of nitrogens with one attached hydrogen (secondary N) is 2. The molecule has 0 bridgehead atoms. The molecule has 0 saturated carbocycles. The van der Waals surface area contributed by atoms with Gasteiger partial charge in [0.1, 0.15) is 11.9 Å². The van der Waals surface area contributed by atoms with Crippen LogP contribution in [0.2, 0.25) is 10.0 Å². The molecule has 0 aromatic heterocycles. The molecule has 0 aliphatic carbocycles. The van der Waals surface area contributed by atoms with E-state index < -0.39 is 11.9 Å². The normalized spacial score (nSPS) is 16.0. The van der Waals surface area contributed by atoms with E-state index in [-0.39, 0.29) is 28.4 Å². The Balaban J connectivity index is 1.70. The zero-order chi connectivity index (χ0) is 24.5. The third-order valence-corrected chi connectivity index (χ3v) is 6.81. The molecule has 2 N–H and O–H groups in total. The Labute approximate surface area is 213 Å². The first kappa shape index (κ1) is 26.8. The van der Waals surface area contributed by atoms with Gasteiger partial charge in [0.25, 0.3) is 5.91 Å². The maximum atomic E-state index is 13.5. The van der Waals surface area contributed by atoms with Gasteiger partial charge in [-0.25, -0.2) is 4.39 Å². The minimum Gasteiger partial charge on any atom is -0.379 e. The van der Waals surface area contributed by atoms with E-state index in [0.717, 1.165) is 5.56 Å². The molecule has 2 atom stereocenters. The molecule has 2 aromatic carbocycles. The summed E-state index contributed by atoms with van der Waals surface area (Å²) < 4.78 is 18.9. The number of nitrogens with zero attached hydrogens (tertiary/aromatic N) is 1. The van der Waals surface area contributed by atoms with Crippen molar-refractivity contribution in [3.8, 4) is 0 Å². The van der Waals surface area contributed by atoms with Crippen molar-refractivity contribution >= 4 is 46.8 Å². The molecule has 6 nitrogen and oxygen atoms in total. The molecule has 1 aliphatic heterocycles. The van der Waals surface area contributed by atoms with E-state index in [0.29, 0.717) is 50.0 Å². The summed E-state index contributed by atoms with van der Waals surface area (Å²) in [6.45, 7) is 2.93. The van der Waals surface area contributed by atoms with E-state index in [9.17, 15) is 14.0 Å². The fraction of sp³-hybridized carbons (Fsp3) is 0.417. The van der Waals surface area contributed by atoms with Crippen molar-refractivity contribution < 1.29 is 18.7 Å². The first-order valence-corrected chi connectivity index (χ1v) is 13.1. The van der Waals surface area contributed by atoms with Gasteiger partial charge in [-0.3, -0.25) is 14.5 Å². The summed E-state index contributed by atoms with van der Waals surface area (Å²) in [6, 6.07) is 10.0. The van der Waals surface area contributed by atoms with Crippen molar-refractivity contribution in [1.29, 1.82) is 0 Å². The molecule has 1 fully saturated rings. The van der Waals surface area contributed by atoms with Crippen molar-refractivity contribution in [3.05, 3.63) is 69.5 Å². The van der Waals surface area contributed by atoms with Gasteiger partial charge in [0.2, 0.25) is 5.91 Å². The van der Waals surface area contributed by atoms with E-state index in [1.807, 2.05) is 6.26 Å². The summed E-state index contributed by atoms with van der Waals surface area (Å²) in [4.78, 5) is 28.2. The van der Waals surface area contributed by atoms with E-state index in [1.165, 1.54) is 24.3 Å². The maximum absolute atomic E-state index is 13.5. The summed E-state index contributed by atoms with van der Waals surface area (Å²) in [5.41, 5.74) is 1.16. The van der Waals surface area contributed by atoms with Crippen LogP contribution in [0, 0.1) is 5.82 Å². The van der Waals surface area contributed by atoms with Gasteiger partial charge < -0.3 is 15.4 Å². The average Bonchev–Trinajstić information content (AvgIpc) is 2.83. The van der Waals surface area contributed by atoms with Gasteiger partial charge in [-0.05, 0) is 54.3 Å². The van der Waals surface area contributed by atoms with Crippen molar-refractivity contribution in [2.45, 2.75) is 18.5 Å². The summed E-state index contributed by atoms with van der Waals surface area (Å²) in [5, 5.41) is 6.44. The second kappa shape index (κ2) is 13.3. The minimum atomic E-state index is -0.731. The zero-order valence-corrected chi connectivity index (χ0v) is 21.2. The van der Waals surface area contributed by atoms with Gasteiger partial charge in [-0.1, -0.05) is 35.3 Å². The van der Waals surface area contributed by atoms with Crippen molar-refractivity contribution in [3.63, 3.8) is 0 Å². The second-order valence-corrected chi connectivity index (χ2v) is 9.72. The summed E-state index contributed by atoms with van der Waals surface area (Å²) >= 11 is 13.7. The quantitative estimate of drug-likeness (QED) is 0.485. The van der Waals surface area contributed by atoms with Crippen molar-refractivity contribution in [1.82, 2.24) is 15.5 Å². The van der Waals surface area contributed by atoms with Gasteiger partial charge in [0.05, 0.1) is 29.8 Å². The number of hydrogen-bond acceptors (Lipinski definition) is 5. The lowest BCUT2D eigenvalue weighted by Gasteiger charge is -2.35. The number of amides is 2. The number of hydrogen-bond donors (Lipinski definition) is 2. The molecular weight excluding hydrogens is 500 g/mol. The van der Waals surface area contributed by atoms with Gasteiger partial charge in [-0.15, -0.1) is 0 Å². The van der Waals surface area contributed by atoms with Crippen molar-refractivity contribution in [2.24, 2.45) is 0 Å². The molecule has 1 saturated heterocycles. The first-order valence-electron chi connectivity index (χ1n) is 11.0. The van der Waals surface area contributed by atoms with Crippen LogP contribution in [-0.2, 0) is 9.53 Å². The average molecular weight is 528 g/mol. The molecule has 0 unspecified atom stereocenters. The zero-order valence-electron chi connectivity index (χ0n) is 18.9. The smallest absolute Gasteiger partial charge is 0.253 e. The molecule has 0 spiro atoms. The molecular formula is C24H28Cl2FN3O3S. The SMILES string of the molecule is CSCC[C@H](NC(=O)c1ccc(Cl)cc1Cl)C(=O)NC[C@@H](c1ccc(F)cc1)N1CCOCC1. The largest absolute Gasteiger partial charge is 0.379 e. The Morgan fingerprint density at radius 2 is 1.85 bits per heavy atom. The van der Waals surface area contributed by atoms with Crippen LogP contribution in [0.4, 0.5) is 4.39 Å². The lowest BCUT2D eigenvalue weighted by Crippen LogP contribution is -2.50.